The maximum Gasteiger partial charge on any atom is 0.307 e. The zero-order valence-electron chi connectivity index (χ0n) is 7.41. The predicted octanol–water partition coefficient (Wildman–Crippen LogP) is 0.557. The van der Waals surface area contributed by atoms with Gasteiger partial charge in [0.05, 0.1) is 6.42 Å². The number of fused-ring (bicyclic) bond motifs is 1. The summed E-state index contributed by atoms with van der Waals surface area (Å²) in [4.78, 5) is 21.6. The number of carbonyl (C=O) groups excluding carboxylic acids is 1. The van der Waals surface area contributed by atoms with Gasteiger partial charge in [0.2, 0.25) is 0 Å². The predicted molar refractivity (Wildman–Crippen MR) is 49.0 cm³/mol. The third kappa shape index (κ3) is 1.46. The average Bonchev–Trinajstić information content (AvgIpc) is 2.46. The summed E-state index contributed by atoms with van der Waals surface area (Å²) in [6, 6.07) is 5.12. The van der Waals surface area contributed by atoms with Crippen molar-refractivity contribution in [2.45, 2.75) is 13.0 Å². The largest absolute Gasteiger partial charge is 0.481 e. The summed E-state index contributed by atoms with van der Waals surface area (Å²) in [5.41, 5.74) is 2.26. The molecule has 1 aromatic rings. The molecular formula is C10H9NO3. The standard InChI is InChI=1S/C10H9NO3/c12-9(13)4-6-1-2-8-7(3-6)5-11-10(8)14/h1-3H,4-5H2,(H,11,14)(H,12,13). The van der Waals surface area contributed by atoms with Gasteiger partial charge >= 0.3 is 5.97 Å². The van der Waals surface area contributed by atoms with E-state index in [4.69, 9.17) is 5.11 Å². The van der Waals surface area contributed by atoms with Crippen LogP contribution in [0.15, 0.2) is 18.2 Å². The van der Waals surface area contributed by atoms with Gasteiger partial charge in [0.1, 0.15) is 0 Å². The number of hydrogen-bond acceptors (Lipinski definition) is 2. The Morgan fingerprint density at radius 2 is 2.29 bits per heavy atom. The highest BCUT2D eigenvalue weighted by molar-refractivity contribution is 5.98. The van der Waals surface area contributed by atoms with Crippen LogP contribution in [-0.4, -0.2) is 17.0 Å². The molecular weight excluding hydrogens is 182 g/mol. The molecule has 0 fully saturated rings. The van der Waals surface area contributed by atoms with Gasteiger partial charge in [0, 0.05) is 12.1 Å². The first kappa shape index (κ1) is 8.74. The van der Waals surface area contributed by atoms with Crippen molar-refractivity contribution in [1.82, 2.24) is 5.32 Å². The van der Waals surface area contributed by atoms with E-state index in [9.17, 15) is 9.59 Å². The fourth-order valence-corrected chi connectivity index (χ4v) is 1.57. The first-order chi connectivity index (χ1) is 6.66. The number of rotatable bonds is 2. The third-order valence-corrected chi connectivity index (χ3v) is 2.21. The van der Waals surface area contributed by atoms with Gasteiger partial charge in [0.25, 0.3) is 5.91 Å². The zero-order valence-corrected chi connectivity index (χ0v) is 7.41. The van der Waals surface area contributed by atoms with Crippen LogP contribution in [0.3, 0.4) is 0 Å². The molecule has 72 valence electrons. The normalized spacial score (nSPS) is 13.6. The van der Waals surface area contributed by atoms with Crippen LogP contribution in [0.5, 0.6) is 0 Å². The molecule has 0 aliphatic carbocycles. The lowest BCUT2D eigenvalue weighted by molar-refractivity contribution is -0.136. The van der Waals surface area contributed by atoms with Gasteiger partial charge in [-0.1, -0.05) is 12.1 Å². The molecule has 0 radical (unpaired) electrons. The van der Waals surface area contributed by atoms with E-state index in [1.54, 1.807) is 18.2 Å². The molecule has 14 heavy (non-hydrogen) atoms. The Bertz CT molecular complexity index is 412. The molecule has 1 heterocycles. The Hall–Kier alpha value is -1.84. The van der Waals surface area contributed by atoms with Crippen molar-refractivity contribution < 1.29 is 14.7 Å². The summed E-state index contributed by atoms with van der Waals surface area (Å²) in [5, 5.41) is 11.3. The fraction of sp³-hybridized carbons (Fsp3) is 0.200. The molecule has 1 amide bonds. The smallest absolute Gasteiger partial charge is 0.307 e. The Balaban J connectivity index is 2.32. The summed E-state index contributed by atoms with van der Waals surface area (Å²) in [6.45, 7) is 0.502. The molecule has 0 atom stereocenters. The number of carbonyl (C=O) groups is 2. The van der Waals surface area contributed by atoms with Gasteiger partial charge < -0.3 is 10.4 Å². The van der Waals surface area contributed by atoms with Crippen molar-refractivity contribution in [3.8, 4) is 0 Å². The summed E-state index contributed by atoms with van der Waals surface area (Å²) < 4.78 is 0. The van der Waals surface area contributed by atoms with Crippen LogP contribution in [0.1, 0.15) is 21.5 Å². The summed E-state index contributed by atoms with van der Waals surface area (Å²) in [6.07, 6.45) is 0.00146. The third-order valence-electron chi connectivity index (χ3n) is 2.21. The fourth-order valence-electron chi connectivity index (χ4n) is 1.57. The van der Waals surface area contributed by atoms with Crippen LogP contribution in [0.25, 0.3) is 0 Å². The Morgan fingerprint density at radius 3 is 3.00 bits per heavy atom. The van der Waals surface area contributed by atoms with E-state index in [1.165, 1.54) is 0 Å². The van der Waals surface area contributed by atoms with Crippen LogP contribution in [0, 0.1) is 0 Å². The monoisotopic (exact) mass is 191 g/mol. The SMILES string of the molecule is O=C(O)Cc1ccc2c(c1)CNC2=O. The lowest BCUT2D eigenvalue weighted by Crippen LogP contribution is -2.12. The number of benzene rings is 1. The molecule has 0 saturated carbocycles. The van der Waals surface area contributed by atoms with Gasteiger partial charge in [-0.3, -0.25) is 9.59 Å². The van der Waals surface area contributed by atoms with E-state index in [0.717, 1.165) is 11.1 Å². The maximum absolute atomic E-state index is 11.2. The quantitative estimate of drug-likeness (QED) is 0.717. The molecule has 2 rings (SSSR count). The number of carboxylic acid groups (broad SMARTS) is 1. The highest BCUT2D eigenvalue weighted by atomic mass is 16.4. The Labute approximate surface area is 80.6 Å². The van der Waals surface area contributed by atoms with E-state index >= 15 is 0 Å². The van der Waals surface area contributed by atoms with Crippen molar-refractivity contribution in [2.75, 3.05) is 0 Å². The van der Waals surface area contributed by atoms with Crippen molar-refractivity contribution in [2.24, 2.45) is 0 Å². The lowest BCUT2D eigenvalue weighted by atomic mass is 10.0. The molecule has 4 heteroatoms. The summed E-state index contributed by atoms with van der Waals surface area (Å²) >= 11 is 0. The van der Waals surface area contributed by atoms with Crippen molar-refractivity contribution in [3.05, 3.63) is 34.9 Å². The molecule has 0 saturated heterocycles. The van der Waals surface area contributed by atoms with Crippen LogP contribution in [0.4, 0.5) is 0 Å². The summed E-state index contributed by atoms with van der Waals surface area (Å²) in [5.74, 6) is -0.941. The average molecular weight is 191 g/mol. The molecule has 0 aromatic heterocycles. The van der Waals surface area contributed by atoms with Crippen molar-refractivity contribution in [3.63, 3.8) is 0 Å². The molecule has 0 spiro atoms. The topological polar surface area (TPSA) is 66.4 Å². The van der Waals surface area contributed by atoms with Gasteiger partial charge in [-0.15, -0.1) is 0 Å². The molecule has 2 N–H and O–H groups in total. The minimum atomic E-state index is -0.859. The highest BCUT2D eigenvalue weighted by Crippen LogP contribution is 2.17. The Morgan fingerprint density at radius 1 is 1.50 bits per heavy atom. The van der Waals surface area contributed by atoms with Crippen LogP contribution in [0.2, 0.25) is 0 Å². The van der Waals surface area contributed by atoms with Crippen LogP contribution >= 0.6 is 0 Å². The van der Waals surface area contributed by atoms with E-state index < -0.39 is 5.97 Å². The number of hydrogen-bond donors (Lipinski definition) is 2. The highest BCUT2D eigenvalue weighted by Gasteiger charge is 2.18. The minimum Gasteiger partial charge on any atom is -0.481 e. The van der Waals surface area contributed by atoms with Gasteiger partial charge in [-0.2, -0.15) is 0 Å². The van der Waals surface area contributed by atoms with E-state index in [2.05, 4.69) is 5.32 Å². The van der Waals surface area contributed by atoms with Crippen molar-refractivity contribution in [1.29, 1.82) is 0 Å². The second-order valence-corrected chi connectivity index (χ2v) is 3.24. The number of carboxylic acids is 1. The van der Waals surface area contributed by atoms with Crippen molar-refractivity contribution >= 4 is 11.9 Å². The van der Waals surface area contributed by atoms with E-state index in [0.29, 0.717) is 12.1 Å². The van der Waals surface area contributed by atoms with E-state index in [1.807, 2.05) is 0 Å². The molecule has 4 nitrogen and oxygen atoms in total. The number of nitrogens with one attached hydrogen (secondary N) is 1. The summed E-state index contributed by atoms with van der Waals surface area (Å²) in [7, 11) is 0. The van der Waals surface area contributed by atoms with Crippen LogP contribution < -0.4 is 5.32 Å². The molecule has 0 unspecified atom stereocenters. The first-order valence-corrected chi connectivity index (χ1v) is 4.28. The van der Waals surface area contributed by atoms with Gasteiger partial charge in [0.15, 0.2) is 0 Å². The second-order valence-electron chi connectivity index (χ2n) is 3.24. The Kier molecular flexibility index (Phi) is 1.96. The van der Waals surface area contributed by atoms with Crippen LogP contribution in [-0.2, 0) is 17.8 Å². The maximum atomic E-state index is 11.2. The first-order valence-electron chi connectivity index (χ1n) is 4.28. The van der Waals surface area contributed by atoms with Gasteiger partial charge in [-0.25, -0.2) is 0 Å². The zero-order chi connectivity index (χ0) is 10.1. The minimum absolute atomic E-state index is 0.00146. The van der Waals surface area contributed by atoms with E-state index in [-0.39, 0.29) is 12.3 Å². The second kappa shape index (κ2) is 3.14. The molecule has 1 aliphatic heterocycles. The molecule has 1 aromatic carbocycles. The number of amides is 1. The molecule has 1 aliphatic rings. The molecule has 0 bridgehead atoms. The lowest BCUT2D eigenvalue weighted by Gasteiger charge is -1.99. The number of aliphatic carboxylic acids is 1. The van der Waals surface area contributed by atoms with Gasteiger partial charge in [-0.05, 0) is 17.2 Å².